The van der Waals surface area contributed by atoms with E-state index in [9.17, 15) is 31.9 Å². The molecule has 35 heavy (non-hydrogen) atoms. The van der Waals surface area contributed by atoms with Crippen LogP contribution in [0.5, 0.6) is 5.75 Å². The molecule has 0 radical (unpaired) electrons. The number of alkyl halides is 4. The van der Waals surface area contributed by atoms with Gasteiger partial charge in [-0.05, 0) is 42.3 Å². The number of benzene rings is 2. The lowest BCUT2D eigenvalue weighted by atomic mass is 9.80. The van der Waals surface area contributed by atoms with Crippen molar-refractivity contribution in [2.75, 3.05) is 0 Å². The summed E-state index contributed by atoms with van der Waals surface area (Å²) in [6.45, 7) is 1.20. The molecule has 186 valence electrons. The number of carbonyl (C=O) groups excluding carboxylic acids is 1. The van der Waals surface area contributed by atoms with Crippen LogP contribution in [0.15, 0.2) is 66.9 Å². The van der Waals surface area contributed by atoms with Crippen molar-refractivity contribution in [2.45, 2.75) is 37.5 Å². The van der Waals surface area contributed by atoms with Gasteiger partial charge >= 0.3 is 12.5 Å². The average molecular weight is 515 g/mol. The van der Waals surface area contributed by atoms with Gasteiger partial charge < -0.3 is 15.2 Å². The smallest absolute Gasteiger partial charge is 0.428 e. The van der Waals surface area contributed by atoms with Crippen LogP contribution in [0, 0.1) is 5.82 Å². The molecule has 5 nitrogen and oxygen atoms in total. The minimum absolute atomic E-state index is 0.0882. The molecule has 0 aliphatic carbocycles. The van der Waals surface area contributed by atoms with Gasteiger partial charge in [0.25, 0.3) is 0 Å². The number of carbonyl (C=O) groups is 1. The number of nitrogens with one attached hydrogen (secondary N) is 1. The predicted molar refractivity (Wildman–Crippen MR) is 118 cm³/mol. The summed E-state index contributed by atoms with van der Waals surface area (Å²) in [5.74, 6) is -2.88. The number of amides is 1. The van der Waals surface area contributed by atoms with Gasteiger partial charge in [0.05, 0.1) is 10.7 Å². The molecule has 3 rings (SSSR count). The lowest BCUT2D eigenvalue weighted by Crippen LogP contribution is -2.52. The minimum atomic E-state index is -4.89. The van der Waals surface area contributed by atoms with Crippen molar-refractivity contribution < 1.29 is 36.6 Å². The minimum Gasteiger partial charge on any atom is -0.428 e. The third kappa shape index (κ3) is 6.26. The Morgan fingerprint density at radius 1 is 1.14 bits per heavy atom. The van der Waals surface area contributed by atoms with Gasteiger partial charge in [0.2, 0.25) is 5.91 Å². The molecule has 3 aromatic rings. The van der Waals surface area contributed by atoms with Gasteiger partial charge in [-0.15, -0.1) is 0 Å². The first kappa shape index (κ1) is 26.4. The monoisotopic (exact) mass is 514 g/mol. The second kappa shape index (κ2) is 10.6. The second-order valence-electron chi connectivity index (χ2n) is 7.73. The van der Waals surface area contributed by atoms with Gasteiger partial charge in [-0.3, -0.25) is 9.78 Å². The van der Waals surface area contributed by atoms with Crippen molar-refractivity contribution in [3.8, 4) is 5.75 Å². The summed E-state index contributed by atoms with van der Waals surface area (Å²) in [6, 6.07) is 13.7. The van der Waals surface area contributed by atoms with E-state index in [-0.39, 0.29) is 22.7 Å². The highest BCUT2D eigenvalue weighted by Gasteiger charge is 2.45. The fraction of sp³-hybridized carbons (Fsp3) is 0.250. The molecule has 0 aliphatic rings. The van der Waals surface area contributed by atoms with Gasteiger partial charge in [-0.1, -0.05) is 41.9 Å². The molecule has 0 bridgehead atoms. The van der Waals surface area contributed by atoms with E-state index in [2.05, 4.69) is 15.0 Å². The normalized spacial score (nSPS) is 14.3. The number of pyridine rings is 1. The Morgan fingerprint density at radius 3 is 2.40 bits per heavy atom. The van der Waals surface area contributed by atoms with Crippen LogP contribution in [0.4, 0.5) is 22.0 Å². The van der Waals surface area contributed by atoms with E-state index in [1.54, 1.807) is 30.3 Å². The Bertz CT molecular complexity index is 1160. The maximum absolute atomic E-state index is 14.6. The zero-order valence-corrected chi connectivity index (χ0v) is 18.9. The van der Waals surface area contributed by atoms with Crippen molar-refractivity contribution in [1.29, 1.82) is 0 Å². The number of nitrogens with zero attached hydrogens (tertiary/aromatic N) is 1. The highest BCUT2D eigenvalue weighted by atomic mass is 35.5. The Labute approximate surface area is 202 Å². The van der Waals surface area contributed by atoms with E-state index in [1.807, 2.05) is 0 Å². The Kier molecular flexibility index (Phi) is 7.97. The summed E-state index contributed by atoms with van der Waals surface area (Å²) in [7, 11) is 0. The highest BCUT2D eigenvalue weighted by Crippen LogP contribution is 2.37. The summed E-state index contributed by atoms with van der Waals surface area (Å²) < 4.78 is 71.4. The van der Waals surface area contributed by atoms with E-state index in [4.69, 9.17) is 11.6 Å². The first-order valence-corrected chi connectivity index (χ1v) is 10.6. The third-order valence-electron chi connectivity index (χ3n) is 5.06. The molecule has 1 unspecified atom stereocenters. The van der Waals surface area contributed by atoms with Gasteiger partial charge in [-0.2, -0.15) is 17.6 Å². The van der Waals surface area contributed by atoms with Crippen LogP contribution < -0.4 is 10.1 Å². The van der Waals surface area contributed by atoms with Crippen LogP contribution >= 0.6 is 11.6 Å². The fourth-order valence-corrected chi connectivity index (χ4v) is 3.55. The molecule has 2 N–H and O–H groups in total. The molecule has 0 saturated heterocycles. The van der Waals surface area contributed by atoms with Crippen molar-refractivity contribution >= 4 is 17.5 Å². The number of rotatable bonds is 9. The van der Waals surface area contributed by atoms with E-state index in [0.717, 1.165) is 12.1 Å². The molecule has 1 heterocycles. The average Bonchev–Trinajstić information content (AvgIpc) is 2.78. The van der Waals surface area contributed by atoms with Gasteiger partial charge in [-0.25, -0.2) is 4.39 Å². The van der Waals surface area contributed by atoms with E-state index >= 15 is 0 Å². The summed E-state index contributed by atoms with van der Waals surface area (Å²) >= 11 is 5.95. The van der Waals surface area contributed by atoms with Crippen LogP contribution in [0.1, 0.15) is 23.7 Å². The SMILES string of the molecule is CC(O)C(=O)N[C@@](Cc1ccccc1)(c1cc(F)cc(OC(F)(F)C(F)F)c1)c1ccc(Cl)cn1. The first-order chi connectivity index (χ1) is 16.4. The van der Waals surface area contributed by atoms with Crippen molar-refractivity contribution in [3.63, 3.8) is 0 Å². The van der Waals surface area contributed by atoms with E-state index < -0.39 is 41.7 Å². The second-order valence-corrected chi connectivity index (χ2v) is 8.17. The number of halogens is 6. The molecule has 0 aliphatic heterocycles. The number of aliphatic hydroxyl groups is 1. The van der Waals surface area contributed by atoms with E-state index in [1.165, 1.54) is 25.3 Å². The topological polar surface area (TPSA) is 71.5 Å². The Balaban J connectivity index is 2.26. The molecule has 0 saturated carbocycles. The lowest BCUT2D eigenvalue weighted by molar-refractivity contribution is -0.253. The Hall–Kier alpha value is -3.24. The first-order valence-electron chi connectivity index (χ1n) is 10.2. The summed E-state index contributed by atoms with van der Waals surface area (Å²) in [5, 5.41) is 12.7. The van der Waals surface area contributed by atoms with Gasteiger partial charge in [0, 0.05) is 18.7 Å². The van der Waals surface area contributed by atoms with Crippen molar-refractivity contribution in [1.82, 2.24) is 10.3 Å². The number of hydrogen-bond donors (Lipinski definition) is 2. The molecule has 11 heteroatoms. The summed E-state index contributed by atoms with van der Waals surface area (Å²) in [4.78, 5) is 16.9. The zero-order chi connectivity index (χ0) is 25.8. The zero-order valence-electron chi connectivity index (χ0n) is 18.2. The quantitative estimate of drug-likeness (QED) is 0.390. The third-order valence-corrected chi connectivity index (χ3v) is 5.29. The maximum atomic E-state index is 14.6. The van der Waals surface area contributed by atoms with Crippen molar-refractivity contribution in [3.05, 3.63) is 94.5 Å². The predicted octanol–water partition coefficient (Wildman–Crippen LogP) is 5.09. The number of aliphatic hydroxyl groups excluding tert-OH is 1. The molecular formula is C24H20ClF5N2O3. The number of hydrogen-bond acceptors (Lipinski definition) is 4. The van der Waals surface area contributed by atoms with Crippen molar-refractivity contribution in [2.24, 2.45) is 0 Å². The molecule has 0 spiro atoms. The van der Waals surface area contributed by atoms with Crippen LogP contribution in [-0.2, 0) is 16.8 Å². The number of ether oxygens (including phenoxy) is 1. The van der Waals surface area contributed by atoms with Gasteiger partial charge in [0.1, 0.15) is 23.2 Å². The molecule has 1 amide bonds. The summed E-state index contributed by atoms with van der Waals surface area (Å²) in [5.41, 5.74) is -1.18. The van der Waals surface area contributed by atoms with Crippen LogP contribution in [0.25, 0.3) is 0 Å². The molecule has 1 aromatic heterocycles. The van der Waals surface area contributed by atoms with Crippen LogP contribution in [0.3, 0.4) is 0 Å². The van der Waals surface area contributed by atoms with Crippen LogP contribution in [-0.4, -0.2) is 34.6 Å². The molecule has 2 aromatic carbocycles. The largest absolute Gasteiger partial charge is 0.461 e. The summed E-state index contributed by atoms with van der Waals surface area (Å²) in [6.07, 6.45) is -9.41. The molecular weight excluding hydrogens is 495 g/mol. The van der Waals surface area contributed by atoms with Crippen LogP contribution in [0.2, 0.25) is 5.02 Å². The number of aromatic nitrogens is 1. The van der Waals surface area contributed by atoms with Gasteiger partial charge in [0.15, 0.2) is 0 Å². The Morgan fingerprint density at radius 2 is 1.83 bits per heavy atom. The lowest BCUT2D eigenvalue weighted by Gasteiger charge is -2.36. The maximum Gasteiger partial charge on any atom is 0.461 e. The van der Waals surface area contributed by atoms with E-state index in [0.29, 0.717) is 11.6 Å². The standard InChI is InChI=1S/C24H20ClF5N2O3/c1-14(33)21(34)32-23(12-15-5-3-2-4-6-15,20-8-7-17(25)13-31-20)16-9-18(26)11-19(10-16)35-24(29,30)22(27)28/h2-11,13-14,22,33H,12H2,1H3,(H,32,34)/t14?,23-/m0/s1. The highest BCUT2D eigenvalue weighted by molar-refractivity contribution is 6.30. The molecule has 0 fully saturated rings. The molecule has 2 atom stereocenters. The fourth-order valence-electron chi connectivity index (χ4n) is 3.44.